The third-order valence-electron chi connectivity index (χ3n) is 2.57. The van der Waals surface area contributed by atoms with E-state index in [4.69, 9.17) is 4.42 Å². The highest BCUT2D eigenvalue weighted by atomic mass is 79.9. The molecule has 8 heteroatoms. The Balaban J connectivity index is 1.77. The van der Waals surface area contributed by atoms with Crippen molar-refractivity contribution in [1.82, 2.24) is 15.2 Å². The molecule has 0 saturated carbocycles. The number of halogens is 1. The fourth-order valence-electron chi connectivity index (χ4n) is 1.64. The van der Waals surface area contributed by atoms with E-state index < -0.39 is 0 Å². The Kier molecular flexibility index (Phi) is 3.80. The number of nitrogens with zero attached hydrogens (tertiary/aromatic N) is 3. The van der Waals surface area contributed by atoms with Crippen molar-refractivity contribution in [3.05, 3.63) is 44.7 Å². The first-order chi connectivity index (χ1) is 10.1. The quantitative estimate of drug-likeness (QED) is 0.768. The normalized spacial score (nSPS) is 10.6. The molecule has 0 aliphatic rings. The summed E-state index contributed by atoms with van der Waals surface area (Å²) < 4.78 is 6.20. The summed E-state index contributed by atoms with van der Waals surface area (Å²) in [5, 5.41) is 12.9. The summed E-state index contributed by atoms with van der Waals surface area (Å²) in [7, 11) is 0. The van der Waals surface area contributed by atoms with Crippen molar-refractivity contribution >= 4 is 39.2 Å². The standard InChI is InChI=1S/C13H9BrN4O2S/c1-7-15-10(6-21-7)12-17-18-13(20-12)16-11(19)8-3-2-4-9(14)5-8/h2-6H,1H3,(H,16,18,19). The van der Waals surface area contributed by atoms with Crippen LogP contribution in [0.15, 0.2) is 38.5 Å². The number of amides is 1. The number of carbonyl (C=O) groups is 1. The number of nitrogens with one attached hydrogen (secondary N) is 1. The Hall–Kier alpha value is -2.06. The van der Waals surface area contributed by atoms with E-state index in [1.807, 2.05) is 18.4 Å². The number of thiazole rings is 1. The molecule has 0 unspecified atom stereocenters. The second-order valence-corrected chi connectivity index (χ2v) is 6.11. The van der Waals surface area contributed by atoms with Gasteiger partial charge in [0.25, 0.3) is 11.8 Å². The van der Waals surface area contributed by atoms with Gasteiger partial charge >= 0.3 is 6.01 Å². The average Bonchev–Trinajstić information content (AvgIpc) is 3.07. The van der Waals surface area contributed by atoms with E-state index >= 15 is 0 Å². The fourth-order valence-corrected chi connectivity index (χ4v) is 2.62. The van der Waals surface area contributed by atoms with Gasteiger partial charge in [-0.15, -0.1) is 16.4 Å². The fraction of sp³-hybridized carbons (Fsp3) is 0.0769. The Labute approximate surface area is 132 Å². The number of hydrogen-bond donors (Lipinski definition) is 1. The number of hydrogen-bond acceptors (Lipinski definition) is 6. The Bertz CT molecular complexity index is 799. The summed E-state index contributed by atoms with van der Waals surface area (Å²) in [4.78, 5) is 16.3. The minimum absolute atomic E-state index is 0.0422. The van der Waals surface area contributed by atoms with Crippen molar-refractivity contribution in [1.29, 1.82) is 0 Å². The van der Waals surface area contributed by atoms with Crippen molar-refractivity contribution in [3.8, 4) is 11.6 Å². The van der Waals surface area contributed by atoms with Crippen LogP contribution >= 0.6 is 27.3 Å². The second kappa shape index (κ2) is 5.74. The lowest BCUT2D eigenvalue weighted by Crippen LogP contribution is -2.11. The summed E-state index contributed by atoms with van der Waals surface area (Å²) >= 11 is 4.80. The highest BCUT2D eigenvalue weighted by molar-refractivity contribution is 9.10. The van der Waals surface area contributed by atoms with Crippen LogP contribution in [0.5, 0.6) is 0 Å². The molecule has 2 aromatic heterocycles. The number of rotatable bonds is 3. The molecule has 2 heterocycles. The van der Waals surface area contributed by atoms with Gasteiger partial charge in [-0.2, -0.15) is 0 Å². The Morgan fingerprint density at radius 2 is 2.24 bits per heavy atom. The maximum Gasteiger partial charge on any atom is 0.322 e. The summed E-state index contributed by atoms with van der Waals surface area (Å²) in [5.74, 6) is -0.0372. The SMILES string of the molecule is Cc1nc(-c2nnc(NC(=O)c3cccc(Br)c3)o2)cs1. The van der Waals surface area contributed by atoms with Gasteiger partial charge < -0.3 is 4.42 Å². The van der Waals surface area contributed by atoms with Crippen molar-refractivity contribution in [2.24, 2.45) is 0 Å². The van der Waals surface area contributed by atoms with Crippen LogP contribution in [0, 0.1) is 6.92 Å². The molecule has 0 bridgehead atoms. The molecular formula is C13H9BrN4O2S. The van der Waals surface area contributed by atoms with E-state index in [2.05, 4.69) is 36.4 Å². The van der Waals surface area contributed by atoms with Crippen LogP contribution in [0.3, 0.4) is 0 Å². The molecule has 0 fully saturated rings. The lowest BCUT2D eigenvalue weighted by Gasteiger charge is -2.00. The average molecular weight is 365 g/mol. The predicted octanol–water partition coefficient (Wildman–Crippen LogP) is 3.52. The summed E-state index contributed by atoms with van der Waals surface area (Å²) in [5.41, 5.74) is 1.10. The predicted molar refractivity (Wildman–Crippen MR) is 82.2 cm³/mol. The second-order valence-electron chi connectivity index (χ2n) is 4.13. The first-order valence-electron chi connectivity index (χ1n) is 5.95. The van der Waals surface area contributed by atoms with Crippen LogP contribution < -0.4 is 5.32 Å². The van der Waals surface area contributed by atoms with E-state index in [1.165, 1.54) is 11.3 Å². The first kappa shape index (κ1) is 13.9. The maximum absolute atomic E-state index is 12.0. The lowest BCUT2D eigenvalue weighted by molar-refractivity contribution is 0.102. The molecule has 21 heavy (non-hydrogen) atoms. The van der Waals surface area contributed by atoms with Gasteiger partial charge in [-0.05, 0) is 25.1 Å². The number of aromatic nitrogens is 3. The molecule has 1 amide bonds. The van der Waals surface area contributed by atoms with Gasteiger partial charge in [0.1, 0.15) is 5.69 Å². The van der Waals surface area contributed by atoms with Crippen LogP contribution in [-0.2, 0) is 0 Å². The molecular weight excluding hydrogens is 356 g/mol. The molecule has 106 valence electrons. The monoisotopic (exact) mass is 364 g/mol. The van der Waals surface area contributed by atoms with Crippen molar-refractivity contribution in [2.75, 3.05) is 5.32 Å². The van der Waals surface area contributed by atoms with Crippen molar-refractivity contribution in [2.45, 2.75) is 6.92 Å². The lowest BCUT2D eigenvalue weighted by atomic mass is 10.2. The molecule has 0 atom stereocenters. The third kappa shape index (κ3) is 3.17. The van der Waals surface area contributed by atoms with E-state index in [-0.39, 0.29) is 17.8 Å². The van der Waals surface area contributed by atoms with E-state index in [0.717, 1.165) is 9.48 Å². The molecule has 0 saturated heterocycles. The van der Waals surface area contributed by atoms with Gasteiger partial charge in [0.2, 0.25) is 0 Å². The number of carbonyl (C=O) groups excluding carboxylic acids is 1. The zero-order chi connectivity index (χ0) is 14.8. The van der Waals surface area contributed by atoms with Crippen LogP contribution in [0.4, 0.5) is 6.01 Å². The minimum Gasteiger partial charge on any atom is -0.401 e. The summed E-state index contributed by atoms with van der Waals surface area (Å²) in [6, 6.07) is 7.06. The van der Waals surface area contributed by atoms with E-state index in [9.17, 15) is 4.79 Å². The maximum atomic E-state index is 12.0. The molecule has 0 spiro atoms. The molecule has 3 rings (SSSR count). The Morgan fingerprint density at radius 3 is 2.95 bits per heavy atom. The summed E-state index contributed by atoms with van der Waals surface area (Å²) in [6.07, 6.45) is 0. The number of benzene rings is 1. The van der Waals surface area contributed by atoms with Crippen LogP contribution in [0.1, 0.15) is 15.4 Å². The molecule has 0 radical (unpaired) electrons. The van der Waals surface area contributed by atoms with Gasteiger partial charge in [0.05, 0.1) is 5.01 Å². The van der Waals surface area contributed by atoms with Crippen LogP contribution in [0.2, 0.25) is 0 Å². The molecule has 1 aromatic carbocycles. The largest absolute Gasteiger partial charge is 0.401 e. The molecule has 3 aromatic rings. The summed E-state index contributed by atoms with van der Waals surface area (Å²) in [6.45, 7) is 1.89. The van der Waals surface area contributed by atoms with Crippen LogP contribution in [-0.4, -0.2) is 21.1 Å². The zero-order valence-electron chi connectivity index (χ0n) is 10.8. The van der Waals surface area contributed by atoms with Crippen LogP contribution in [0.25, 0.3) is 11.6 Å². The highest BCUT2D eigenvalue weighted by Crippen LogP contribution is 2.22. The number of anilines is 1. The van der Waals surface area contributed by atoms with Gasteiger partial charge in [0, 0.05) is 15.4 Å². The number of aryl methyl sites for hydroxylation is 1. The van der Waals surface area contributed by atoms with Crippen molar-refractivity contribution < 1.29 is 9.21 Å². The van der Waals surface area contributed by atoms with Gasteiger partial charge in [-0.1, -0.05) is 27.1 Å². The van der Waals surface area contributed by atoms with E-state index in [1.54, 1.807) is 18.2 Å². The van der Waals surface area contributed by atoms with E-state index in [0.29, 0.717) is 11.3 Å². The minimum atomic E-state index is -0.319. The zero-order valence-corrected chi connectivity index (χ0v) is 13.2. The van der Waals surface area contributed by atoms with Gasteiger partial charge in [0.15, 0.2) is 0 Å². The first-order valence-corrected chi connectivity index (χ1v) is 7.62. The van der Waals surface area contributed by atoms with Gasteiger partial charge in [-0.25, -0.2) is 4.98 Å². The smallest absolute Gasteiger partial charge is 0.322 e. The molecule has 1 N–H and O–H groups in total. The highest BCUT2D eigenvalue weighted by Gasteiger charge is 2.14. The van der Waals surface area contributed by atoms with Crippen molar-refractivity contribution in [3.63, 3.8) is 0 Å². The third-order valence-corrected chi connectivity index (χ3v) is 3.84. The Morgan fingerprint density at radius 1 is 1.38 bits per heavy atom. The topological polar surface area (TPSA) is 80.9 Å². The molecule has 6 nitrogen and oxygen atoms in total. The molecule has 0 aliphatic carbocycles. The van der Waals surface area contributed by atoms with Gasteiger partial charge in [-0.3, -0.25) is 10.1 Å². The molecule has 0 aliphatic heterocycles.